The molecule has 2 aliphatic rings. The zero-order chi connectivity index (χ0) is 12.5. The second-order valence-electron chi connectivity index (χ2n) is 4.93. The zero-order valence-corrected chi connectivity index (χ0v) is 10.3. The highest BCUT2D eigenvalue weighted by Gasteiger charge is 2.37. The summed E-state index contributed by atoms with van der Waals surface area (Å²) < 4.78 is 5.62. The van der Waals surface area contributed by atoms with E-state index in [0.29, 0.717) is 13.1 Å². The largest absolute Gasteiger partial charge is 0.376 e. The lowest BCUT2D eigenvalue weighted by molar-refractivity contribution is 0.0470. The van der Waals surface area contributed by atoms with Gasteiger partial charge in [0, 0.05) is 25.3 Å². The molecule has 18 heavy (non-hydrogen) atoms. The molecule has 2 N–H and O–H groups in total. The maximum atomic E-state index is 12.4. The van der Waals surface area contributed by atoms with E-state index in [2.05, 4.69) is 0 Å². The molecule has 2 heterocycles. The minimum atomic E-state index is 0.0119. The zero-order valence-electron chi connectivity index (χ0n) is 10.3. The van der Waals surface area contributed by atoms with Crippen LogP contribution in [0.5, 0.6) is 0 Å². The van der Waals surface area contributed by atoms with Gasteiger partial charge in [-0.1, -0.05) is 18.2 Å². The van der Waals surface area contributed by atoms with Gasteiger partial charge in [0.1, 0.15) is 0 Å². The second-order valence-corrected chi connectivity index (χ2v) is 4.93. The number of carbonyl (C=O) groups excluding carboxylic acids is 1. The molecule has 1 fully saturated rings. The van der Waals surface area contributed by atoms with Crippen LogP contribution in [-0.4, -0.2) is 36.6 Å². The summed E-state index contributed by atoms with van der Waals surface area (Å²) in [5.74, 6) is 0.0940. The van der Waals surface area contributed by atoms with E-state index in [0.717, 1.165) is 30.6 Å². The summed E-state index contributed by atoms with van der Waals surface area (Å²) >= 11 is 0. The van der Waals surface area contributed by atoms with Crippen LogP contribution in [0.2, 0.25) is 0 Å². The summed E-state index contributed by atoms with van der Waals surface area (Å²) in [7, 11) is 0. The van der Waals surface area contributed by atoms with Crippen LogP contribution in [0.1, 0.15) is 34.8 Å². The molecule has 0 bridgehead atoms. The number of hydrogen-bond acceptors (Lipinski definition) is 3. The Hall–Kier alpha value is -1.39. The number of amides is 1. The Morgan fingerprint density at radius 1 is 1.39 bits per heavy atom. The fourth-order valence-electron chi connectivity index (χ4n) is 2.92. The van der Waals surface area contributed by atoms with Crippen LogP contribution in [0.15, 0.2) is 24.3 Å². The minimum absolute atomic E-state index is 0.0119. The number of carbonyl (C=O) groups is 1. The van der Waals surface area contributed by atoms with Crippen LogP contribution >= 0.6 is 0 Å². The van der Waals surface area contributed by atoms with Crippen molar-refractivity contribution in [3.05, 3.63) is 35.4 Å². The van der Waals surface area contributed by atoms with Gasteiger partial charge in [-0.05, 0) is 24.5 Å². The van der Waals surface area contributed by atoms with Gasteiger partial charge >= 0.3 is 0 Å². The quantitative estimate of drug-likeness (QED) is 0.875. The van der Waals surface area contributed by atoms with E-state index < -0.39 is 0 Å². The first-order valence-corrected chi connectivity index (χ1v) is 6.53. The molecule has 1 amide bonds. The van der Waals surface area contributed by atoms with E-state index in [1.165, 1.54) is 0 Å². The number of fused-ring (bicyclic) bond motifs is 1. The highest BCUT2D eigenvalue weighted by Crippen LogP contribution is 2.33. The van der Waals surface area contributed by atoms with Crippen molar-refractivity contribution in [1.82, 2.24) is 4.90 Å². The summed E-state index contributed by atoms with van der Waals surface area (Å²) in [6.45, 7) is 1.94. The predicted octanol–water partition coefficient (Wildman–Crippen LogP) is 1.32. The van der Waals surface area contributed by atoms with Crippen molar-refractivity contribution in [2.45, 2.75) is 25.0 Å². The maximum absolute atomic E-state index is 12.4. The van der Waals surface area contributed by atoms with E-state index in [4.69, 9.17) is 10.5 Å². The van der Waals surface area contributed by atoms with Crippen LogP contribution < -0.4 is 5.73 Å². The first kappa shape index (κ1) is 11.7. The summed E-state index contributed by atoms with van der Waals surface area (Å²) in [5.41, 5.74) is 7.70. The average Bonchev–Trinajstić information content (AvgIpc) is 2.99. The third-order valence-corrected chi connectivity index (χ3v) is 3.83. The topological polar surface area (TPSA) is 55.6 Å². The van der Waals surface area contributed by atoms with Gasteiger partial charge in [-0.2, -0.15) is 0 Å². The van der Waals surface area contributed by atoms with Gasteiger partial charge in [0.25, 0.3) is 5.91 Å². The van der Waals surface area contributed by atoms with Crippen LogP contribution in [0.4, 0.5) is 0 Å². The monoisotopic (exact) mass is 246 g/mol. The van der Waals surface area contributed by atoms with Gasteiger partial charge in [-0.25, -0.2) is 0 Å². The van der Waals surface area contributed by atoms with Crippen molar-refractivity contribution < 1.29 is 9.53 Å². The molecule has 0 spiro atoms. The minimum Gasteiger partial charge on any atom is -0.376 e. The molecule has 0 aromatic heterocycles. The number of rotatable bonds is 3. The molecule has 0 unspecified atom stereocenters. The fraction of sp³-hybridized carbons (Fsp3) is 0.500. The first-order valence-electron chi connectivity index (χ1n) is 6.53. The summed E-state index contributed by atoms with van der Waals surface area (Å²) in [5, 5.41) is 0. The van der Waals surface area contributed by atoms with Gasteiger partial charge in [0.05, 0.1) is 12.1 Å². The highest BCUT2D eigenvalue weighted by atomic mass is 16.5. The lowest BCUT2D eigenvalue weighted by Crippen LogP contribution is -2.38. The van der Waals surface area contributed by atoms with Gasteiger partial charge in [-0.15, -0.1) is 0 Å². The molecule has 0 saturated carbocycles. The van der Waals surface area contributed by atoms with Crippen molar-refractivity contribution in [3.8, 4) is 0 Å². The fourth-order valence-corrected chi connectivity index (χ4v) is 2.92. The van der Waals surface area contributed by atoms with E-state index in [9.17, 15) is 4.79 Å². The smallest absolute Gasteiger partial charge is 0.254 e. The Morgan fingerprint density at radius 2 is 2.22 bits per heavy atom. The van der Waals surface area contributed by atoms with E-state index in [-0.39, 0.29) is 18.1 Å². The third kappa shape index (κ3) is 1.82. The SMILES string of the molecule is NC[C@H]1c2ccccc2C(=O)N1C[C@H]1CCCO1. The van der Waals surface area contributed by atoms with Gasteiger partial charge in [0.15, 0.2) is 0 Å². The van der Waals surface area contributed by atoms with Crippen LogP contribution in [-0.2, 0) is 4.74 Å². The molecule has 1 aromatic rings. The second kappa shape index (κ2) is 4.71. The van der Waals surface area contributed by atoms with Crippen molar-refractivity contribution in [1.29, 1.82) is 0 Å². The van der Waals surface area contributed by atoms with Gasteiger partial charge in [0.2, 0.25) is 0 Å². The Labute approximate surface area is 107 Å². The Morgan fingerprint density at radius 3 is 2.94 bits per heavy atom. The van der Waals surface area contributed by atoms with Gasteiger partial charge in [-0.3, -0.25) is 4.79 Å². The van der Waals surface area contributed by atoms with E-state index in [1.807, 2.05) is 29.2 Å². The number of nitrogens with zero attached hydrogens (tertiary/aromatic N) is 1. The molecule has 0 radical (unpaired) electrons. The number of hydrogen-bond donors (Lipinski definition) is 1. The number of ether oxygens (including phenoxy) is 1. The third-order valence-electron chi connectivity index (χ3n) is 3.83. The van der Waals surface area contributed by atoms with Crippen molar-refractivity contribution >= 4 is 5.91 Å². The van der Waals surface area contributed by atoms with Crippen LogP contribution in [0.3, 0.4) is 0 Å². The molecule has 2 atom stereocenters. The molecule has 4 nitrogen and oxygen atoms in total. The average molecular weight is 246 g/mol. The summed E-state index contributed by atoms with van der Waals surface area (Å²) in [4.78, 5) is 14.2. The lowest BCUT2D eigenvalue weighted by Gasteiger charge is -2.26. The number of benzene rings is 1. The molecular weight excluding hydrogens is 228 g/mol. The van der Waals surface area contributed by atoms with E-state index >= 15 is 0 Å². The molecule has 3 rings (SSSR count). The molecular formula is C14H18N2O2. The maximum Gasteiger partial charge on any atom is 0.254 e. The summed E-state index contributed by atoms with van der Waals surface area (Å²) in [6, 6.07) is 7.76. The molecule has 4 heteroatoms. The Bertz CT molecular complexity index is 455. The van der Waals surface area contributed by atoms with Crippen molar-refractivity contribution in [2.75, 3.05) is 19.7 Å². The summed E-state index contributed by atoms with van der Waals surface area (Å²) in [6.07, 6.45) is 2.31. The molecule has 96 valence electrons. The molecule has 1 saturated heterocycles. The molecule has 2 aliphatic heterocycles. The first-order chi connectivity index (χ1) is 8.81. The standard InChI is InChI=1S/C14H18N2O2/c15-8-13-11-5-1-2-6-12(11)14(17)16(13)9-10-4-3-7-18-10/h1-2,5-6,10,13H,3-4,7-9,15H2/t10-,13+/m1/s1. The van der Waals surface area contributed by atoms with E-state index in [1.54, 1.807) is 0 Å². The predicted molar refractivity (Wildman–Crippen MR) is 68.2 cm³/mol. The van der Waals surface area contributed by atoms with Crippen LogP contribution in [0.25, 0.3) is 0 Å². The van der Waals surface area contributed by atoms with Crippen molar-refractivity contribution in [2.24, 2.45) is 5.73 Å². The van der Waals surface area contributed by atoms with Crippen molar-refractivity contribution in [3.63, 3.8) is 0 Å². The number of nitrogens with two attached hydrogens (primary N) is 1. The van der Waals surface area contributed by atoms with Gasteiger partial charge < -0.3 is 15.4 Å². The molecule has 0 aliphatic carbocycles. The molecule has 1 aromatic carbocycles. The van der Waals surface area contributed by atoms with Crippen LogP contribution in [0, 0.1) is 0 Å². The Kier molecular flexibility index (Phi) is 3.06. The highest BCUT2D eigenvalue weighted by molar-refractivity contribution is 5.99. The normalized spacial score (nSPS) is 26.7. The lowest BCUT2D eigenvalue weighted by atomic mass is 10.1. The Balaban J connectivity index is 1.85.